The zero-order valence-electron chi connectivity index (χ0n) is 13.6. The number of fused-ring (bicyclic) bond motifs is 1. The van der Waals surface area contributed by atoms with Crippen molar-refractivity contribution in [2.24, 2.45) is 0 Å². The molecule has 0 fully saturated rings. The molecule has 1 unspecified atom stereocenters. The Morgan fingerprint density at radius 1 is 1.25 bits per heavy atom. The molecule has 1 atom stereocenters. The average Bonchev–Trinajstić information content (AvgIpc) is 2.99. The minimum Gasteiger partial charge on any atom is -0.353 e. The molecule has 0 saturated carbocycles. The molecule has 6 nitrogen and oxygen atoms in total. The zero-order chi connectivity index (χ0) is 16.9. The van der Waals surface area contributed by atoms with E-state index in [1.165, 1.54) is 11.3 Å². The van der Waals surface area contributed by atoms with Crippen LogP contribution < -0.4 is 5.32 Å². The van der Waals surface area contributed by atoms with Gasteiger partial charge in [-0.05, 0) is 32.3 Å². The molecule has 3 rings (SSSR count). The third kappa shape index (κ3) is 3.67. The first-order chi connectivity index (χ1) is 11.7. The Bertz CT molecular complexity index is 834. The molecule has 0 aliphatic rings. The molecule has 0 aliphatic heterocycles. The molecule has 24 heavy (non-hydrogen) atoms. The SMILES string of the molecule is CN(C)CCNc1nccc(C(C#N)c2nc3ccccc3s2)n1. The second-order valence-corrected chi connectivity index (χ2v) is 6.68. The van der Waals surface area contributed by atoms with Crippen molar-refractivity contribution in [3.8, 4) is 6.07 Å². The molecule has 0 saturated heterocycles. The summed E-state index contributed by atoms with van der Waals surface area (Å²) in [6.45, 7) is 1.63. The van der Waals surface area contributed by atoms with Gasteiger partial charge in [0.05, 0.1) is 22.0 Å². The summed E-state index contributed by atoms with van der Waals surface area (Å²) in [5.41, 5.74) is 1.58. The van der Waals surface area contributed by atoms with Gasteiger partial charge in [0.1, 0.15) is 10.9 Å². The van der Waals surface area contributed by atoms with Gasteiger partial charge in [-0.25, -0.2) is 15.0 Å². The van der Waals surface area contributed by atoms with Gasteiger partial charge < -0.3 is 10.2 Å². The first-order valence-electron chi connectivity index (χ1n) is 7.64. The van der Waals surface area contributed by atoms with E-state index < -0.39 is 5.92 Å². The van der Waals surface area contributed by atoms with Gasteiger partial charge in [-0.15, -0.1) is 11.3 Å². The Hall–Kier alpha value is -2.56. The van der Waals surface area contributed by atoms with Crippen LogP contribution in [0.3, 0.4) is 0 Å². The summed E-state index contributed by atoms with van der Waals surface area (Å²) in [6, 6.07) is 12.0. The fraction of sp³-hybridized carbons (Fsp3) is 0.294. The van der Waals surface area contributed by atoms with Crippen molar-refractivity contribution in [1.82, 2.24) is 19.9 Å². The number of nitrogens with zero attached hydrogens (tertiary/aromatic N) is 5. The number of anilines is 1. The predicted molar refractivity (Wildman–Crippen MR) is 96.2 cm³/mol. The molecule has 2 heterocycles. The van der Waals surface area contributed by atoms with Gasteiger partial charge >= 0.3 is 0 Å². The standard InChI is InChI=1S/C17H18N6S/c1-23(2)10-9-20-17-19-8-7-13(22-17)12(11-18)16-21-14-5-3-4-6-15(14)24-16/h3-8,12H,9-10H2,1-2H3,(H,19,20,22). The lowest BCUT2D eigenvalue weighted by Gasteiger charge is -2.11. The monoisotopic (exact) mass is 338 g/mol. The van der Waals surface area contributed by atoms with E-state index in [0.29, 0.717) is 11.6 Å². The second-order valence-electron chi connectivity index (χ2n) is 5.62. The average molecular weight is 338 g/mol. The van der Waals surface area contributed by atoms with Crippen molar-refractivity contribution < 1.29 is 0 Å². The predicted octanol–water partition coefficient (Wildman–Crippen LogP) is 2.72. The molecule has 0 radical (unpaired) electrons. The first kappa shape index (κ1) is 16.3. The van der Waals surface area contributed by atoms with Crippen LogP contribution in [0, 0.1) is 11.3 Å². The Balaban J connectivity index is 1.84. The van der Waals surface area contributed by atoms with E-state index in [9.17, 15) is 5.26 Å². The molecule has 0 spiro atoms. The fourth-order valence-electron chi connectivity index (χ4n) is 2.27. The highest BCUT2D eigenvalue weighted by molar-refractivity contribution is 7.18. The van der Waals surface area contributed by atoms with Crippen LogP contribution >= 0.6 is 11.3 Å². The van der Waals surface area contributed by atoms with Crippen LogP contribution in [-0.4, -0.2) is 47.0 Å². The molecule has 1 aromatic carbocycles. The number of aromatic nitrogens is 3. The molecule has 7 heteroatoms. The third-order valence-electron chi connectivity index (χ3n) is 3.50. The summed E-state index contributed by atoms with van der Waals surface area (Å²) in [4.78, 5) is 15.4. The van der Waals surface area contributed by atoms with E-state index in [0.717, 1.165) is 28.3 Å². The minimum absolute atomic E-state index is 0.486. The van der Waals surface area contributed by atoms with Crippen molar-refractivity contribution in [3.05, 3.63) is 47.2 Å². The van der Waals surface area contributed by atoms with Gasteiger partial charge in [0.15, 0.2) is 0 Å². The van der Waals surface area contributed by atoms with Crippen LogP contribution in [0.25, 0.3) is 10.2 Å². The van der Waals surface area contributed by atoms with Crippen molar-refractivity contribution >= 4 is 27.5 Å². The highest BCUT2D eigenvalue weighted by atomic mass is 32.1. The van der Waals surface area contributed by atoms with Crippen LogP contribution in [0.5, 0.6) is 0 Å². The molecule has 0 aliphatic carbocycles. The number of thiazole rings is 1. The highest BCUT2D eigenvalue weighted by Crippen LogP contribution is 2.30. The Morgan fingerprint density at radius 2 is 2.08 bits per heavy atom. The summed E-state index contributed by atoms with van der Waals surface area (Å²) in [7, 11) is 4.02. The number of hydrogen-bond donors (Lipinski definition) is 1. The fourth-order valence-corrected chi connectivity index (χ4v) is 3.30. The molecule has 2 aromatic heterocycles. The Labute approximate surface area is 144 Å². The quantitative estimate of drug-likeness (QED) is 0.744. The van der Waals surface area contributed by atoms with Crippen LogP contribution in [0.4, 0.5) is 5.95 Å². The summed E-state index contributed by atoms with van der Waals surface area (Å²) in [6.07, 6.45) is 1.68. The number of hydrogen-bond acceptors (Lipinski definition) is 7. The maximum Gasteiger partial charge on any atom is 0.222 e. The summed E-state index contributed by atoms with van der Waals surface area (Å²) in [5.74, 6) is 0.0514. The van der Waals surface area contributed by atoms with Crippen molar-refractivity contribution in [1.29, 1.82) is 5.26 Å². The normalized spacial score (nSPS) is 12.2. The second kappa shape index (κ2) is 7.34. The van der Waals surface area contributed by atoms with Crippen LogP contribution in [0.15, 0.2) is 36.5 Å². The summed E-state index contributed by atoms with van der Waals surface area (Å²) >= 11 is 1.53. The third-order valence-corrected chi connectivity index (χ3v) is 4.60. The van der Waals surface area contributed by atoms with E-state index in [2.05, 4.69) is 31.2 Å². The maximum absolute atomic E-state index is 9.63. The number of para-hydroxylation sites is 1. The van der Waals surface area contributed by atoms with E-state index in [1.54, 1.807) is 12.3 Å². The number of rotatable bonds is 6. The van der Waals surface area contributed by atoms with Crippen LogP contribution in [0.1, 0.15) is 16.6 Å². The molecule has 3 aromatic rings. The lowest BCUT2D eigenvalue weighted by molar-refractivity contribution is 0.425. The smallest absolute Gasteiger partial charge is 0.222 e. The Morgan fingerprint density at radius 3 is 2.83 bits per heavy atom. The molecule has 0 amide bonds. The largest absolute Gasteiger partial charge is 0.353 e. The van der Waals surface area contributed by atoms with Crippen LogP contribution in [0.2, 0.25) is 0 Å². The van der Waals surface area contributed by atoms with E-state index in [-0.39, 0.29) is 0 Å². The number of nitriles is 1. The topological polar surface area (TPSA) is 77.7 Å². The summed E-state index contributed by atoms with van der Waals surface area (Å²) in [5, 5.41) is 13.6. The maximum atomic E-state index is 9.63. The molecule has 122 valence electrons. The van der Waals surface area contributed by atoms with Gasteiger partial charge in [-0.1, -0.05) is 12.1 Å². The number of benzene rings is 1. The van der Waals surface area contributed by atoms with E-state index in [4.69, 9.17) is 0 Å². The van der Waals surface area contributed by atoms with Crippen molar-refractivity contribution in [3.63, 3.8) is 0 Å². The van der Waals surface area contributed by atoms with Gasteiger partial charge in [0.2, 0.25) is 5.95 Å². The van der Waals surface area contributed by atoms with Gasteiger partial charge in [0.25, 0.3) is 0 Å². The molecule has 1 N–H and O–H groups in total. The first-order valence-corrected chi connectivity index (χ1v) is 8.45. The van der Waals surface area contributed by atoms with Gasteiger partial charge in [-0.2, -0.15) is 5.26 Å². The molecular formula is C17H18N6S. The zero-order valence-corrected chi connectivity index (χ0v) is 14.4. The van der Waals surface area contributed by atoms with Gasteiger partial charge in [0, 0.05) is 19.3 Å². The molecule has 0 bridgehead atoms. The molecular weight excluding hydrogens is 320 g/mol. The number of likely N-dealkylation sites (N-methyl/N-ethyl adjacent to an activating group) is 1. The highest BCUT2D eigenvalue weighted by Gasteiger charge is 2.20. The van der Waals surface area contributed by atoms with Crippen LogP contribution in [-0.2, 0) is 0 Å². The van der Waals surface area contributed by atoms with Gasteiger partial charge in [-0.3, -0.25) is 0 Å². The van der Waals surface area contributed by atoms with E-state index in [1.807, 2.05) is 38.4 Å². The lowest BCUT2D eigenvalue weighted by atomic mass is 10.1. The minimum atomic E-state index is -0.486. The lowest BCUT2D eigenvalue weighted by Crippen LogP contribution is -2.21. The number of nitrogens with one attached hydrogen (secondary N) is 1. The van der Waals surface area contributed by atoms with Crippen molar-refractivity contribution in [2.45, 2.75) is 5.92 Å². The van der Waals surface area contributed by atoms with Crippen molar-refractivity contribution in [2.75, 3.05) is 32.5 Å². The summed E-state index contributed by atoms with van der Waals surface area (Å²) < 4.78 is 1.08. The van der Waals surface area contributed by atoms with E-state index >= 15 is 0 Å². The Kier molecular flexibility index (Phi) is 4.99.